The van der Waals surface area contributed by atoms with Crippen LogP contribution in [0.3, 0.4) is 0 Å². The molecule has 20 heavy (non-hydrogen) atoms. The quantitative estimate of drug-likeness (QED) is 0.871. The number of rotatable bonds is 6. The predicted octanol–water partition coefficient (Wildman–Crippen LogP) is 1.86. The summed E-state index contributed by atoms with van der Waals surface area (Å²) in [5.41, 5.74) is 6.02. The maximum atomic E-state index is 12.8. The van der Waals surface area contributed by atoms with Crippen molar-refractivity contribution < 1.29 is 17.2 Å². The number of para-hydroxylation sites is 1. The molecule has 7 heteroatoms. The van der Waals surface area contributed by atoms with E-state index >= 15 is 0 Å². The molecule has 0 amide bonds. The van der Waals surface area contributed by atoms with Gasteiger partial charge in [-0.2, -0.15) is 8.78 Å². The van der Waals surface area contributed by atoms with Crippen LogP contribution in [0, 0.1) is 5.92 Å². The number of alkyl halides is 2. The Kier molecular flexibility index (Phi) is 4.29. The number of benzene rings is 1. The lowest BCUT2D eigenvalue weighted by atomic mass is 10.1. The molecule has 0 aromatic heterocycles. The molecule has 0 radical (unpaired) electrons. The monoisotopic (exact) mass is 304 g/mol. The Hall–Kier alpha value is -1.21. The van der Waals surface area contributed by atoms with Crippen molar-refractivity contribution >= 4 is 15.5 Å². The van der Waals surface area contributed by atoms with E-state index in [0.29, 0.717) is 12.5 Å². The molecule has 0 bridgehead atoms. The molecular weight excluding hydrogens is 286 g/mol. The average molecular weight is 304 g/mol. The summed E-state index contributed by atoms with van der Waals surface area (Å²) in [4.78, 5) is 1.38. The van der Waals surface area contributed by atoms with Gasteiger partial charge in [0.25, 0.3) is 0 Å². The fourth-order valence-corrected chi connectivity index (χ4v) is 3.38. The van der Waals surface area contributed by atoms with Crippen molar-refractivity contribution in [2.24, 2.45) is 11.7 Å². The Morgan fingerprint density at radius 3 is 2.45 bits per heavy atom. The summed E-state index contributed by atoms with van der Waals surface area (Å²) in [7, 11) is -2.91. The zero-order valence-corrected chi connectivity index (χ0v) is 12.0. The van der Waals surface area contributed by atoms with E-state index < -0.39 is 15.6 Å². The number of anilines is 1. The van der Waals surface area contributed by atoms with E-state index in [0.717, 1.165) is 12.8 Å². The third-order valence-corrected chi connectivity index (χ3v) is 5.12. The molecule has 1 fully saturated rings. The molecule has 0 spiro atoms. The maximum Gasteiger partial charge on any atom is 0.341 e. The summed E-state index contributed by atoms with van der Waals surface area (Å²) in [6, 6.07) is 5.82. The average Bonchev–Trinajstić information content (AvgIpc) is 3.24. The first-order valence-corrected chi connectivity index (χ1v) is 7.98. The van der Waals surface area contributed by atoms with Crippen molar-refractivity contribution in [3.63, 3.8) is 0 Å². The third kappa shape index (κ3) is 2.78. The lowest BCUT2D eigenvalue weighted by Crippen LogP contribution is -2.40. The van der Waals surface area contributed by atoms with Gasteiger partial charge in [0.1, 0.15) is 0 Å². The van der Waals surface area contributed by atoms with E-state index in [4.69, 9.17) is 5.73 Å². The van der Waals surface area contributed by atoms with E-state index in [-0.39, 0.29) is 16.6 Å². The Morgan fingerprint density at radius 1 is 1.35 bits per heavy atom. The molecule has 0 saturated heterocycles. The van der Waals surface area contributed by atoms with E-state index in [1.165, 1.54) is 12.1 Å². The Morgan fingerprint density at radius 2 is 1.95 bits per heavy atom. The van der Waals surface area contributed by atoms with Gasteiger partial charge >= 0.3 is 5.76 Å². The van der Waals surface area contributed by atoms with Crippen molar-refractivity contribution in [3.8, 4) is 0 Å². The van der Waals surface area contributed by atoms with Crippen molar-refractivity contribution in [1.82, 2.24) is 0 Å². The highest BCUT2D eigenvalue weighted by molar-refractivity contribution is 7.91. The molecule has 2 rings (SSSR count). The lowest BCUT2D eigenvalue weighted by Gasteiger charge is -2.30. The van der Waals surface area contributed by atoms with Gasteiger partial charge in [-0.15, -0.1) is 0 Å². The van der Waals surface area contributed by atoms with Crippen LogP contribution in [0.2, 0.25) is 0 Å². The molecule has 0 heterocycles. The van der Waals surface area contributed by atoms with Gasteiger partial charge in [0.2, 0.25) is 9.84 Å². The second kappa shape index (κ2) is 5.65. The van der Waals surface area contributed by atoms with Gasteiger partial charge in [0, 0.05) is 19.6 Å². The smallest absolute Gasteiger partial charge is 0.341 e. The number of hydrogen-bond acceptors (Lipinski definition) is 4. The first-order chi connectivity index (χ1) is 9.39. The van der Waals surface area contributed by atoms with E-state index in [2.05, 4.69) is 0 Å². The molecule has 1 saturated carbocycles. The maximum absolute atomic E-state index is 12.8. The largest absolute Gasteiger partial charge is 0.369 e. The Labute approximate surface area is 117 Å². The second-order valence-corrected chi connectivity index (χ2v) is 6.91. The van der Waals surface area contributed by atoms with Crippen LogP contribution in [0.5, 0.6) is 0 Å². The molecule has 1 unspecified atom stereocenters. The van der Waals surface area contributed by atoms with Gasteiger partial charge in [-0.25, -0.2) is 8.42 Å². The fourth-order valence-electron chi connectivity index (χ4n) is 2.41. The van der Waals surface area contributed by atoms with Gasteiger partial charge < -0.3 is 10.6 Å². The molecular formula is C13H18F2N2O2S. The van der Waals surface area contributed by atoms with Gasteiger partial charge in [-0.05, 0) is 30.9 Å². The number of likely N-dealkylation sites (N-methyl/N-ethyl adjacent to an activating group) is 1. The molecule has 1 aromatic carbocycles. The van der Waals surface area contributed by atoms with Gasteiger partial charge in [0.05, 0.1) is 10.6 Å². The van der Waals surface area contributed by atoms with Crippen LogP contribution in [0.25, 0.3) is 0 Å². The molecule has 2 N–H and O–H groups in total. The van der Waals surface area contributed by atoms with E-state index in [1.54, 1.807) is 24.1 Å². The molecule has 1 aliphatic carbocycles. The van der Waals surface area contributed by atoms with Crippen LogP contribution in [-0.2, 0) is 9.84 Å². The summed E-state index contributed by atoms with van der Waals surface area (Å²) < 4.78 is 49.0. The van der Waals surface area contributed by atoms with E-state index in [9.17, 15) is 17.2 Å². The minimum atomic E-state index is -4.62. The second-order valence-electron chi connectivity index (χ2n) is 5.02. The summed E-state index contributed by atoms with van der Waals surface area (Å²) in [6.45, 7) is 0.365. The third-order valence-electron chi connectivity index (χ3n) is 3.69. The van der Waals surface area contributed by atoms with Crippen LogP contribution in [0.4, 0.5) is 14.5 Å². The Bertz CT molecular complexity index is 573. The SMILES string of the molecule is CN(c1ccccc1S(=O)(=O)C(F)F)C(CN)C1CC1. The normalized spacial score (nSPS) is 17.2. The van der Waals surface area contributed by atoms with Crippen LogP contribution < -0.4 is 10.6 Å². The minimum absolute atomic E-state index is 0.0241. The highest BCUT2D eigenvalue weighted by atomic mass is 32.2. The highest BCUT2D eigenvalue weighted by Crippen LogP contribution is 2.38. The predicted molar refractivity (Wildman–Crippen MR) is 73.6 cm³/mol. The molecule has 1 atom stereocenters. The molecule has 4 nitrogen and oxygen atoms in total. The van der Waals surface area contributed by atoms with E-state index in [1.807, 2.05) is 0 Å². The number of halogens is 2. The summed E-state index contributed by atoms with van der Waals surface area (Å²) in [5.74, 6) is -3.01. The molecule has 0 aliphatic heterocycles. The van der Waals surface area contributed by atoms with Crippen LogP contribution in [0.1, 0.15) is 12.8 Å². The zero-order chi connectivity index (χ0) is 14.9. The van der Waals surface area contributed by atoms with Crippen LogP contribution >= 0.6 is 0 Å². The number of hydrogen-bond donors (Lipinski definition) is 1. The number of sulfone groups is 1. The van der Waals surface area contributed by atoms with Crippen molar-refractivity contribution in [1.29, 1.82) is 0 Å². The van der Waals surface area contributed by atoms with Crippen molar-refractivity contribution in [2.45, 2.75) is 29.5 Å². The minimum Gasteiger partial charge on any atom is -0.369 e. The fraction of sp³-hybridized carbons (Fsp3) is 0.538. The summed E-state index contributed by atoms with van der Waals surface area (Å²) in [6.07, 6.45) is 2.08. The van der Waals surface area contributed by atoms with Gasteiger partial charge in [-0.3, -0.25) is 0 Å². The number of nitrogens with two attached hydrogens (primary N) is 1. The molecule has 1 aliphatic rings. The van der Waals surface area contributed by atoms with Gasteiger partial charge in [-0.1, -0.05) is 12.1 Å². The van der Waals surface area contributed by atoms with Crippen molar-refractivity contribution in [3.05, 3.63) is 24.3 Å². The van der Waals surface area contributed by atoms with Gasteiger partial charge in [0.15, 0.2) is 0 Å². The van der Waals surface area contributed by atoms with Crippen LogP contribution in [0.15, 0.2) is 29.2 Å². The molecule has 1 aromatic rings. The zero-order valence-electron chi connectivity index (χ0n) is 11.2. The summed E-state index contributed by atoms with van der Waals surface area (Å²) in [5, 5.41) is 0. The lowest BCUT2D eigenvalue weighted by molar-refractivity contribution is 0.235. The molecule has 112 valence electrons. The summed E-state index contributed by atoms with van der Waals surface area (Å²) >= 11 is 0. The Balaban J connectivity index is 2.42. The van der Waals surface area contributed by atoms with Crippen LogP contribution in [-0.4, -0.2) is 33.8 Å². The number of nitrogens with zero attached hydrogens (tertiary/aromatic N) is 1. The first kappa shape index (κ1) is 15.2. The topological polar surface area (TPSA) is 63.4 Å². The highest BCUT2D eigenvalue weighted by Gasteiger charge is 2.36. The van der Waals surface area contributed by atoms with Crippen molar-refractivity contribution in [2.75, 3.05) is 18.5 Å². The standard InChI is InChI=1S/C13H18F2N2O2S/c1-17(11(8-16)9-6-7-9)10-4-2-3-5-12(10)20(18,19)13(14)15/h2-5,9,11,13H,6-8,16H2,1H3. The first-order valence-electron chi connectivity index (χ1n) is 6.43.